The Hall–Kier alpha value is -3.46. The number of benzene rings is 1. The maximum Gasteiger partial charge on any atom is 0.254 e. The molecule has 0 bridgehead atoms. The molecule has 9 heteroatoms. The summed E-state index contributed by atoms with van der Waals surface area (Å²) in [5, 5.41) is 7.17. The first kappa shape index (κ1) is 18.9. The van der Waals surface area contributed by atoms with Gasteiger partial charge in [0.1, 0.15) is 0 Å². The number of amides is 1. The minimum atomic E-state index is -0.184. The van der Waals surface area contributed by atoms with Crippen molar-refractivity contribution in [3.63, 3.8) is 0 Å². The fraction of sp³-hybridized carbons (Fsp3) is 0.300. The summed E-state index contributed by atoms with van der Waals surface area (Å²) in [6, 6.07) is 7.45. The van der Waals surface area contributed by atoms with E-state index < -0.39 is 0 Å². The van der Waals surface area contributed by atoms with Crippen LogP contribution < -0.4 is 14.8 Å². The van der Waals surface area contributed by atoms with Gasteiger partial charge in [0, 0.05) is 32.0 Å². The van der Waals surface area contributed by atoms with Gasteiger partial charge in [-0.1, -0.05) is 0 Å². The zero-order valence-corrected chi connectivity index (χ0v) is 16.2. The van der Waals surface area contributed by atoms with E-state index >= 15 is 0 Å². The average molecular weight is 395 g/mol. The van der Waals surface area contributed by atoms with Crippen LogP contribution >= 0.6 is 0 Å². The molecule has 9 nitrogen and oxygen atoms in total. The van der Waals surface area contributed by atoms with E-state index in [-0.39, 0.29) is 12.7 Å². The molecular formula is C20H21N5O4. The number of carbonyl (C=O) groups excluding carboxylic acids is 1. The summed E-state index contributed by atoms with van der Waals surface area (Å²) < 4.78 is 17.3. The summed E-state index contributed by atoms with van der Waals surface area (Å²) in [6.45, 7) is 3.16. The molecule has 3 aromatic rings. The molecule has 150 valence electrons. The van der Waals surface area contributed by atoms with E-state index in [1.54, 1.807) is 18.0 Å². The van der Waals surface area contributed by atoms with Crippen LogP contribution in [0.3, 0.4) is 0 Å². The average Bonchev–Trinajstić information content (AvgIpc) is 3.37. The Morgan fingerprint density at radius 1 is 1.28 bits per heavy atom. The van der Waals surface area contributed by atoms with Crippen LogP contribution in [0, 0.1) is 6.92 Å². The summed E-state index contributed by atoms with van der Waals surface area (Å²) in [4.78, 5) is 21.3. The van der Waals surface area contributed by atoms with Gasteiger partial charge in [0.2, 0.25) is 6.79 Å². The second-order valence-corrected chi connectivity index (χ2v) is 6.47. The van der Waals surface area contributed by atoms with Crippen LogP contribution in [-0.2, 0) is 4.74 Å². The van der Waals surface area contributed by atoms with Gasteiger partial charge in [0.15, 0.2) is 11.5 Å². The first-order valence-corrected chi connectivity index (χ1v) is 9.22. The minimum Gasteiger partial charge on any atom is -0.454 e. The molecule has 2 aromatic heterocycles. The van der Waals surface area contributed by atoms with Crippen molar-refractivity contribution in [2.45, 2.75) is 13.3 Å². The maximum absolute atomic E-state index is 12.4. The standard InChI is InChI=1S/C20H21N5O4/c1-13-15(19(26)21-7-3-9-27-2)11-23-25(13)20-22-8-6-16(24-20)14-4-5-17-18(10-14)29-12-28-17/h4-6,8,10-11H,3,7,9,12H2,1-2H3,(H,21,26). The smallest absolute Gasteiger partial charge is 0.254 e. The Morgan fingerprint density at radius 2 is 2.14 bits per heavy atom. The van der Waals surface area contributed by atoms with Crippen molar-refractivity contribution in [2.75, 3.05) is 27.1 Å². The van der Waals surface area contributed by atoms with Gasteiger partial charge in [-0.3, -0.25) is 4.79 Å². The van der Waals surface area contributed by atoms with E-state index in [0.717, 1.165) is 12.0 Å². The Morgan fingerprint density at radius 3 is 3.00 bits per heavy atom. The number of methoxy groups -OCH3 is 1. The molecule has 0 radical (unpaired) electrons. The predicted octanol–water partition coefficient (Wildman–Crippen LogP) is 2.13. The van der Waals surface area contributed by atoms with Crippen LogP contribution in [0.2, 0.25) is 0 Å². The van der Waals surface area contributed by atoms with Crippen molar-refractivity contribution in [2.24, 2.45) is 0 Å². The Bertz CT molecular complexity index is 1030. The first-order valence-electron chi connectivity index (χ1n) is 9.22. The lowest BCUT2D eigenvalue weighted by Crippen LogP contribution is -2.25. The third-order valence-electron chi connectivity index (χ3n) is 4.57. The summed E-state index contributed by atoms with van der Waals surface area (Å²) in [6.07, 6.45) is 3.93. The van der Waals surface area contributed by atoms with E-state index in [2.05, 4.69) is 20.4 Å². The van der Waals surface area contributed by atoms with Gasteiger partial charge in [-0.15, -0.1) is 0 Å². The van der Waals surface area contributed by atoms with Crippen molar-refractivity contribution < 1.29 is 19.0 Å². The van der Waals surface area contributed by atoms with Gasteiger partial charge in [0.05, 0.1) is 23.1 Å². The summed E-state index contributed by atoms with van der Waals surface area (Å²) in [7, 11) is 1.63. The van der Waals surface area contributed by atoms with Gasteiger partial charge < -0.3 is 19.5 Å². The molecule has 1 aliphatic rings. The Balaban J connectivity index is 1.56. The topological polar surface area (TPSA) is 100 Å². The van der Waals surface area contributed by atoms with Crippen LogP contribution in [0.4, 0.5) is 0 Å². The SMILES string of the molecule is COCCCNC(=O)c1cnn(-c2nccc(-c3ccc4c(c3)OCO4)n2)c1C. The van der Waals surface area contributed by atoms with Gasteiger partial charge in [-0.05, 0) is 37.6 Å². The molecule has 0 fully saturated rings. The van der Waals surface area contributed by atoms with Gasteiger partial charge >= 0.3 is 0 Å². The van der Waals surface area contributed by atoms with Crippen LogP contribution in [0.1, 0.15) is 22.5 Å². The number of hydrogen-bond acceptors (Lipinski definition) is 7. The Labute approximate surface area is 167 Å². The fourth-order valence-electron chi connectivity index (χ4n) is 3.01. The lowest BCUT2D eigenvalue weighted by Gasteiger charge is -2.07. The molecule has 0 saturated carbocycles. The van der Waals surface area contributed by atoms with E-state index in [1.807, 2.05) is 31.2 Å². The van der Waals surface area contributed by atoms with Crippen molar-refractivity contribution in [1.29, 1.82) is 0 Å². The monoisotopic (exact) mass is 395 g/mol. The molecule has 1 N–H and O–H groups in total. The lowest BCUT2D eigenvalue weighted by atomic mass is 10.1. The highest BCUT2D eigenvalue weighted by Crippen LogP contribution is 2.35. The molecule has 0 aliphatic carbocycles. The zero-order valence-electron chi connectivity index (χ0n) is 16.2. The zero-order chi connectivity index (χ0) is 20.2. The maximum atomic E-state index is 12.4. The highest BCUT2D eigenvalue weighted by atomic mass is 16.7. The third-order valence-corrected chi connectivity index (χ3v) is 4.57. The molecule has 0 atom stereocenters. The van der Waals surface area contributed by atoms with Crippen LogP contribution in [0.5, 0.6) is 11.5 Å². The van der Waals surface area contributed by atoms with Gasteiger partial charge in [-0.2, -0.15) is 5.10 Å². The number of ether oxygens (including phenoxy) is 3. The molecule has 29 heavy (non-hydrogen) atoms. The number of hydrogen-bond donors (Lipinski definition) is 1. The van der Waals surface area contributed by atoms with Crippen molar-refractivity contribution in [3.8, 4) is 28.7 Å². The summed E-state index contributed by atoms with van der Waals surface area (Å²) in [5.74, 6) is 1.60. The van der Waals surface area contributed by atoms with Crippen LogP contribution in [-0.4, -0.2) is 52.7 Å². The second kappa shape index (κ2) is 8.27. The molecule has 0 saturated heterocycles. The van der Waals surface area contributed by atoms with Gasteiger partial charge in [-0.25, -0.2) is 14.6 Å². The predicted molar refractivity (Wildman–Crippen MR) is 104 cm³/mol. The lowest BCUT2D eigenvalue weighted by molar-refractivity contribution is 0.0948. The first-order chi connectivity index (χ1) is 14.2. The normalized spacial score (nSPS) is 12.2. The molecule has 0 spiro atoms. The number of aromatic nitrogens is 4. The van der Waals surface area contributed by atoms with Gasteiger partial charge in [0.25, 0.3) is 11.9 Å². The van der Waals surface area contributed by atoms with Crippen molar-refractivity contribution in [1.82, 2.24) is 25.1 Å². The minimum absolute atomic E-state index is 0.184. The Kier molecular flexibility index (Phi) is 5.39. The highest BCUT2D eigenvalue weighted by molar-refractivity contribution is 5.95. The number of fused-ring (bicyclic) bond motifs is 1. The highest BCUT2D eigenvalue weighted by Gasteiger charge is 2.18. The fourth-order valence-corrected chi connectivity index (χ4v) is 3.01. The number of carbonyl (C=O) groups is 1. The van der Waals surface area contributed by atoms with E-state index in [1.165, 1.54) is 6.20 Å². The third kappa shape index (κ3) is 3.90. The van der Waals surface area contributed by atoms with Crippen LogP contribution in [0.15, 0.2) is 36.7 Å². The quantitative estimate of drug-likeness (QED) is 0.612. The van der Waals surface area contributed by atoms with Crippen molar-refractivity contribution >= 4 is 5.91 Å². The molecule has 1 amide bonds. The van der Waals surface area contributed by atoms with Crippen LogP contribution in [0.25, 0.3) is 17.2 Å². The van der Waals surface area contributed by atoms with Crippen molar-refractivity contribution in [3.05, 3.63) is 47.9 Å². The van der Waals surface area contributed by atoms with E-state index in [9.17, 15) is 4.79 Å². The van der Waals surface area contributed by atoms with E-state index in [0.29, 0.717) is 47.6 Å². The molecule has 1 aliphatic heterocycles. The number of nitrogens with one attached hydrogen (secondary N) is 1. The number of rotatable bonds is 7. The largest absolute Gasteiger partial charge is 0.454 e. The van der Waals surface area contributed by atoms with E-state index in [4.69, 9.17) is 14.2 Å². The second-order valence-electron chi connectivity index (χ2n) is 6.47. The summed E-state index contributed by atoms with van der Waals surface area (Å²) in [5.41, 5.74) is 2.74. The molecule has 3 heterocycles. The molecular weight excluding hydrogens is 374 g/mol. The number of nitrogens with zero attached hydrogens (tertiary/aromatic N) is 4. The summed E-state index contributed by atoms with van der Waals surface area (Å²) >= 11 is 0. The molecule has 4 rings (SSSR count). The molecule has 0 unspecified atom stereocenters. The molecule has 1 aromatic carbocycles.